The van der Waals surface area contributed by atoms with Gasteiger partial charge in [-0.1, -0.05) is 48.5 Å². The maximum Gasteiger partial charge on any atom is 0.338 e. The van der Waals surface area contributed by atoms with Gasteiger partial charge in [0.1, 0.15) is 17.3 Å². The summed E-state index contributed by atoms with van der Waals surface area (Å²) >= 11 is 5.29. The van der Waals surface area contributed by atoms with Gasteiger partial charge in [-0.15, -0.1) is 0 Å². The van der Waals surface area contributed by atoms with Crippen molar-refractivity contribution >= 4 is 35.4 Å². The number of carbonyl (C=O) groups excluding carboxylic acids is 2. The molecular weight excluding hydrogens is 492 g/mol. The highest BCUT2D eigenvalue weighted by atomic mass is 32.1. The molecule has 2 heterocycles. The zero-order chi connectivity index (χ0) is 26.2. The fourth-order valence-corrected chi connectivity index (χ4v) is 4.05. The molecule has 0 radical (unpaired) electrons. The number of rotatable bonds is 9. The Morgan fingerprint density at radius 2 is 1.86 bits per heavy atom. The Bertz CT molecular complexity index is 1350. The lowest BCUT2D eigenvalue weighted by molar-refractivity contribution is -0.139. The minimum atomic E-state index is -0.608. The van der Waals surface area contributed by atoms with Crippen molar-refractivity contribution in [1.29, 1.82) is 0 Å². The molecule has 190 valence electrons. The van der Waals surface area contributed by atoms with E-state index in [4.69, 9.17) is 26.1 Å². The fraction of sp³-hybridized carbons (Fsp3) is 0.185. The number of hydrogen-bond acceptors (Lipinski definition) is 7. The van der Waals surface area contributed by atoms with Gasteiger partial charge in [0.05, 0.1) is 24.4 Å². The van der Waals surface area contributed by atoms with Gasteiger partial charge < -0.3 is 24.5 Å². The average Bonchev–Trinajstić information content (AvgIpc) is 3.37. The van der Waals surface area contributed by atoms with E-state index in [9.17, 15) is 9.59 Å². The van der Waals surface area contributed by atoms with Crippen LogP contribution in [0.15, 0.2) is 87.5 Å². The molecule has 0 saturated carbocycles. The number of esters is 1. The lowest BCUT2D eigenvalue weighted by atomic mass is 9.95. The van der Waals surface area contributed by atoms with Crippen molar-refractivity contribution in [2.24, 2.45) is 5.10 Å². The van der Waals surface area contributed by atoms with Crippen LogP contribution in [-0.4, -0.2) is 36.4 Å². The standard InChI is InChI=1S/C27H26N4O5S/c1-3-34-26(33)24-17(2)29-27(37)30-25(24)20-11-7-8-12-22(20)35-16-23(32)31-28-15-19-13-14-21(36-19)18-9-5-4-6-10-18/h4-15,25H,3,16H2,1-2H3,(H,31,32)(H2,29,30,37)/t25-/m1/s1. The summed E-state index contributed by atoms with van der Waals surface area (Å²) < 4.78 is 16.8. The summed E-state index contributed by atoms with van der Waals surface area (Å²) in [6, 6.07) is 19.7. The average molecular weight is 519 g/mol. The van der Waals surface area contributed by atoms with Crippen molar-refractivity contribution in [3.8, 4) is 17.1 Å². The summed E-state index contributed by atoms with van der Waals surface area (Å²) in [6.45, 7) is 3.43. The predicted molar refractivity (Wildman–Crippen MR) is 143 cm³/mol. The molecule has 0 saturated heterocycles. The number of thiocarbonyl (C=S) groups is 1. The highest BCUT2D eigenvalue weighted by molar-refractivity contribution is 7.80. The van der Waals surface area contributed by atoms with Crippen LogP contribution in [0.1, 0.15) is 31.2 Å². The van der Waals surface area contributed by atoms with Crippen LogP contribution in [0.4, 0.5) is 0 Å². The molecule has 10 heteroatoms. The van der Waals surface area contributed by atoms with Crippen molar-refractivity contribution < 1.29 is 23.5 Å². The molecule has 9 nitrogen and oxygen atoms in total. The number of ether oxygens (including phenoxy) is 2. The lowest BCUT2D eigenvalue weighted by Gasteiger charge is -2.30. The molecule has 2 aromatic carbocycles. The number of hydrogen-bond donors (Lipinski definition) is 3. The van der Waals surface area contributed by atoms with Gasteiger partial charge in [0.2, 0.25) is 0 Å². The van der Waals surface area contributed by atoms with Crippen molar-refractivity contribution in [3.63, 3.8) is 0 Å². The van der Waals surface area contributed by atoms with E-state index in [1.54, 1.807) is 38.1 Å². The van der Waals surface area contributed by atoms with Crippen molar-refractivity contribution in [1.82, 2.24) is 16.1 Å². The van der Waals surface area contributed by atoms with Crippen molar-refractivity contribution in [2.45, 2.75) is 19.9 Å². The molecule has 1 aromatic heterocycles. The maximum absolute atomic E-state index is 12.7. The predicted octanol–water partition coefficient (Wildman–Crippen LogP) is 3.83. The van der Waals surface area contributed by atoms with E-state index in [2.05, 4.69) is 21.2 Å². The third-order valence-electron chi connectivity index (χ3n) is 5.42. The van der Waals surface area contributed by atoms with Crippen molar-refractivity contribution in [3.05, 3.63) is 89.3 Å². The number of nitrogens with one attached hydrogen (secondary N) is 3. The van der Waals surface area contributed by atoms with Crippen LogP contribution in [-0.2, 0) is 14.3 Å². The van der Waals surface area contributed by atoms with Crippen LogP contribution >= 0.6 is 12.2 Å². The van der Waals surface area contributed by atoms with Gasteiger partial charge in [0.25, 0.3) is 5.91 Å². The van der Waals surface area contributed by atoms with E-state index in [-0.39, 0.29) is 13.2 Å². The molecule has 0 bridgehead atoms. The van der Waals surface area contributed by atoms with Gasteiger partial charge in [-0.05, 0) is 44.3 Å². The molecule has 3 N–H and O–H groups in total. The Kier molecular flexibility index (Phi) is 8.32. The van der Waals surface area contributed by atoms with Gasteiger partial charge in [0, 0.05) is 16.8 Å². The molecule has 1 amide bonds. The first kappa shape index (κ1) is 25.6. The molecular formula is C27H26N4O5S. The van der Waals surface area contributed by atoms with Crippen LogP contribution in [0, 0.1) is 0 Å². The Labute approximate surface area is 219 Å². The van der Waals surface area contributed by atoms with Gasteiger partial charge in [-0.25, -0.2) is 10.2 Å². The van der Waals surface area contributed by atoms with Gasteiger partial charge >= 0.3 is 5.97 Å². The summed E-state index contributed by atoms with van der Waals surface area (Å²) in [6.07, 6.45) is 1.41. The first-order valence-corrected chi connectivity index (χ1v) is 12.0. The third kappa shape index (κ3) is 6.42. The minimum Gasteiger partial charge on any atom is -0.483 e. The van der Waals surface area contributed by atoms with Crippen molar-refractivity contribution in [2.75, 3.05) is 13.2 Å². The molecule has 0 unspecified atom stereocenters. The Hall–Kier alpha value is -4.44. The van der Waals surface area contributed by atoms with E-state index in [1.807, 2.05) is 42.5 Å². The third-order valence-corrected chi connectivity index (χ3v) is 5.64. The number of amides is 1. The van der Waals surface area contributed by atoms with E-state index in [1.165, 1.54) is 6.21 Å². The monoisotopic (exact) mass is 518 g/mol. The van der Waals surface area contributed by atoms with E-state index in [0.717, 1.165) is 5.56 Å². The highest BCUT2D eigenvalue weighted by Crippen LogP contribution is 2.33. The summed E-state index contributed by atoms with van der Waals surface area (Å²) in [5.41, 5.74) is 4.97. The SMILES string of the molecule is CCOC(=O)C1=C(C)NC(=S)N[C@@H]1c1ccccc1OCC(=O)NN=Cc1ccc(-c2ccccc2)o1. The Morgan fingerprint density at radius 1 is 1.11 bits per heavy atom. The first-order valence-electron chi connectivity index (χ1n) is 11.6. The molecule has 1 aliphatic heterocycles. The fourth-order valence-electron chi connectivity index (χ4n) is 3.78. The number of hydrazone groups is 1. The second-order valence-electron chi connectivity index (χ2n) is 7.98. The molecule has 1 atom stereocenters. The van der Waals surface area contributed by atoms with Crippen LogP contribution in [0.3, 0.4) is 0 Å². The van der Waals surface area contributed by atoms with Gasteiger partial charge in [-0.3, -0.25) is 4.79 Å². The van der Waals surface area contributed by atoms with Crippen LogP contribution < -0.4 is 20.8 Å². The number of para-hydroxylation sites is 1. The quantitative estimate of drug-likeness (QED) is 0.170. The lowest BCUT2D eigenvalue weighted by Crippen LogP contribution is -2.45. The van der Waals surface area contributed by atoms with Gasteiger partial charge in [-0.2, -0.15) is 5.10 Å². The Morgan fingerprint density at radius 3 is 2.65 bits per heavy atom. The topological polar surface area (TPSA) is 114 Å². The summed E-state index contributed by atoms with van der Waals surface area (Å²) in [5.74, 6) is 0.671. The first-order chi connectivity index (χ1) is 18.0. The number of furan rings is 1. The zero-order valence-corrected chi connectivity index (χ0v) is 21.1. The van der Waals surface area contributed by atoms with Crippen LogP contribution in [0.25, 0.3) is 11.3 Å². The maximum atomic E-state index is 12.7. The molecule has 4 rings (SSSR count). The normalized spacial score (nSPS) is 15.2. The summed E-state index contributed by atoms with van der Waals surface area (Å²) in [4.78, 5) is 25.0. The Balaban J connectivity index is 1.40. The molecule has 0 fully saturated rings. The highest BCUT2D eigenvalue weighted by Gasteiger charge is 2.32. The molecule has 0 spiro atoms. The second-order valence-corrected chi connectivity index (χ2v) is 8.39. The van der Waals surface area contributed by atoms with E-state index in [0.29, 0.717) is 39.2 Å². The van der Waals surface area contributed by atoms with Gasteiger partial charge in [0.15, 0.2) is 11.7 Å². The summed E-state index contributed by atoms with van der Waals surface area (Å²) in [7, 11) is 0. The smallest absolute Gasteiger partial charge is 0.338 e. The summed E-state index contributed by atoms with van der Waals surface area (Å²) in [5, 5.41) is 10.4. The van der Waals surface area contributed by atoms with Crippen LogP contribution in [0.2, 0.25) is 0 Å². The van der Waals surface area contributed by atoms with E-state index >= 15 is 0 Å². The number of allylic oxidation sites excluding steroid dienone is 1. The molecule has 3 aromatic rings. The van der Waals surface area contributed by atoms with E-state index < -0.39 is 17.9 Å². The minimum absolute atomic E-state index is 0.233. The second kappa shape index (κ2) is 12.0. The van der Waals surface area contributed by atoms with Crippen LogP contribution in [0.5, 0.6) is 5.75 Å². The number of benzene rings is 2. The number of nitrogens with zero attached hydrogens (tertiary/aromatic N) is 1. The molecule has 1 aliphatic rings. The molecule has 37 heavy (non-hydrogen) atoms. The molecule has 0 aliphatic carbocycles. The number of carbonyl (C=O) groups is 2. The largest absolute Gasteiger partial charge is 0.483 e. The zero-order valence-electron chi connectivity index (χ0n) is 20.3.